The summed E-state index contributed by atoms with van der Waals surface area (Å²) in [7, 11) is 1.72. The normalized spacial score (nSPS) is 25.5. The number of nitrogens with zero attached hydrogens (tertiary/aromatic N) is 3. The van der Waals surface area contributed by atoms with Gasteiger partial charge in [-0.25, -0.2) is 9.97 Å². The van der Waals surface area contributed by atoms with Crippen LogP contribution >= 0.6 is 0 Å². The van der Waals surface area contributed by atoms with Gasteiger partial charge in [-0.1, -0.05) is 13.8 Å². The van der Waals surface area contributed by atoms with Crippen molar-refractivity contribution in [3.63, 3.8) is 0 Å². The Hall–Kier alpha value is -2.22. The summed E-state index contributed by atoms with van der Waals surface area (Å²) in [5, 5.41) is 6.39. The summed E-state index contributed by atoms with van der Waals surface area (Å²) in [4.78, 5) is 35.7. The molecule has 29 heavy (non-hydrogen) atoms. The van der Waals surface area contributed by atoms with Crippen molar-refractivity contribution in [1.82, 2.24) is 20.2 Å². The molecule has 0 spiro atoms. The average Bonchev–Trinajstić information content (AvgIpc) is 2.91. The molecule has 2 aliphatic rings. The third kappa shape index (κ3) is 5.23. The highest BCUT2D eigenvalue weighted by Crippen LogP contribution is 2.32. The largest absolute Gasteiger partial charge is 0.379 e. The van der Waals surface area contributed by atoms with Gasteiger partial charge >= 0.3 is 0 Å². The zero-order valence-electron chi connectivity index (χ0n) is 17.9. The highest BCUT2D eigenvalue weighted by atomic mass is 16.5. The standard InChI is InChI=1S/C21H33N5O3/c1-13(2)16-11-23-14(3)24-20(16)25-17-10-15(6-7-18(17)29-4)21(28)26-9-5-8-22-19(27)12-26/h11,13,15,17-18H,5-10,12H2,1-4H3,(H,22,27)(H,23,24,25)/t15-,17+,18+/m0/s1. The van der Waals surface area contributed by atoms with Crippen LogP contribution in [0.2, 0.25) is 0 Å². The molecule has 3 rings (SSSR count). The smallest absolute Gasteiger partial charge is 0.239 e. The van der Waals surface area contributed by atoms with Crippen molar-refractivity contribution in [2.75, 3.05) is 32.1 Å². The summed E-state index contributed by atoms with van der Waals surface area (Å²) in [6, 6.07) is -0.0182. The van der Waals surface area contributed by atoms with E-state index in [0.29, 0.717) is 25.3 Å². The molecule has 2 heterocycles. The summed E-state index contributed by atoms with van der Waals surface area (Å²) < 4.78 is 5.72. The Morgan fingerprint density at radius 2 is 2.17 bits per heavy atom. The van der Waals surface area contributed by atoms with Gasteiger partial charge in [0.05, 0.1) is 18.7 Å². The maximum absolute atomic E-state index is 13.1. The van der Waals surface area contributed by atoms with Gasteiger partial charge in [0.2, 0.25) is 11.8 Å². The van der Waals surface area contributed by atoms with Crippen LogP contribution in [0.15, 0.2) is 6.20 Å². The lowest BCUT2D eigenvalue weighted by atomic mass is 9.82. The van der Waals surface area contributed by atoms with Crippen LogP contribution in [0, 0.1) is 12.8 Å². The molecule has 1 aromatic heterocycles. The molecule has 1 aromatic rings. The van der Waals surface area contributed by atoms with Gasteiger partial charge in [0, 0.05) is 37.9 Å². The van der Waals surface area contributed by atoms with Crippen LogP contribution in [0.4, 0.5) is 5.82 Å². The Labute approximate surface area is 172 Å². The van der Waals surface area contributed by atoms with Crippen molar-refractivity contribution in [2.45, 2.75) is 64.5 Å². The molecule has 0 radical (unpaired) electrons. The second kappa shape index (κ2) is 9.52. The van der Waals surface area contributed by atoms with E-state index in [0.717, 1.165) is 30.6 Å². The van der Waals surface area contributed by atoms with Gasteiger partial charge in [-0.05, 0) is 38.5 Å². The number of ether oxygens (including phenoxy) is 1. The first kappa shape index (κ1) is 21.5. The van der Waals surface area contributed by atoms with Gasteiger partial charge in [-0.15, -0.1) is 0 Å². The molecule has 8 nitrogen and oxygen atoms in total. The molecule has 2 fully saturated rings. The fourth-order valence-electron chi connectivity index (χ4n) is 4.25. The molecule has 0 aromatic carbocycles. The second-order valence-corrected chi connectivity index (χ2v) is 8.37. The number of hydrogen-bond donors (Lipinski definition) is 2. The molecule has 160 valence electrons. The summed E-state index contributed by atoms with van der Waals surface area (Å²) in [5.41, 5.74) is 1.06. The van der Waals surface area contributed by atoms with E-state index in [-0.39, 0.29) is 42.3 Å². The van der Waals surface area contributed by atoms with Crippen LogP contribution in [0.3, 0.4) is 0 Å². The first-order chi connectivity index (χ1) is 13.9. The first-order valence-electron chi connectivity index (χ1n) is 10.6. The number of aryl methyl sites for hydroxylation is 1. The molecule has 2 amide bonds. The lowest BCUT2D eigenvalue weighted by molar-refractivity contribution is -0.140. The minimum atomic E-state index is -0.116. The predicted molar refractivity (Wildman–Crippen MR) is 111 cm³/mol. The van der Waals surface area contributed by atoms with Crippen LogP contribution in [0.1, 0.15) is 56.8 Å². The van der Waals surface area contributed by atoms with Crippen molar-refractivity contribution in [2.24, 2.45) is 5.92 Å². The molecule has 1 saturated heterocycles. The highest BCUT2D eigenvalue weighted by Gasteiger charge is 2.37. The minimum Gasteiger partial charge on any atom is -0.379 e. The summed E-state index contributed by atoms with van der Waals surface area (Å²) >= 11 is 0. The molecule has 1 aliphatic carbocycles. The lowest BCUT2D eigenvalue weighted by Crippen LogP contribution is -2.47. The summed E-state index contributed by atoms with van der Waals surface area (Å²) in [6.45, 7) is 7.52. The average molecular weight is 404 g/mol. The Balaban J connectivity index is 1.75. The fraction of sp³-hybridized carbons (Fsp3) is 0.714. The maximum atomic E-state index is 13.1. The SMILES string of the molecule is CO[C@@H]1CC[C@H](C(=O)N2CCCNC(=O)C2)C[C@H]1Nc1nc(C)ncc1C(C)C. The number of methoxy groups -OCH3 is 1. The number of carbonyl (C=O) groups is 2. The molecule has 0 bridgehead atoms. The monoisotopic (exact) mass is 403 g/mol. The molecule has 3 atom stereocenters. The molecule has 1 saturated carbocycles. The summed E-state index contributed by atoms with van der Waals surface area (Å²) in [5.74, 6) is 1.71. The number of hydrogen-bond acceptors (Lipinski definition) is 6. The molecular weight excluding hydrogens is 370 g/mol. The van der Waals surface area contributed by atoms with Gasteiger partial charge in [0.1, 0.15) is 11.6 Å². The quantitative estimate of drug-likeness (QED) is 0.779. The topological polar surface area (TPSA) is 96.5 Å². The van der Waals surface area contributed by atoms with Crippen molar-refractivity contribution < 1.29 is 14.3 Å². The van der Waals surface area contributed by atoms with E-state index in [1.165, 1.54) is 0 Å². The number of nitrogens with one attached hydrogen (secondary N) is 2. The van der Waals surface area contributed by atoms with Crippen LogP contribution in [0.5, 0.6) is 0 Å². The Bertz CT molecular complexity index is 739. The third-order valence-corrected chi connectivity index (χ3v) is 5.89. The van der Waals surface area contributed by atoms with Gasteiger partial charge < -0.3 is 20.3 Å². The van der Waals surface area contributed by atoms with Crippen LogP contribution in [0.25, 0.3) is 0 Å². The molecule has 2 N–H and O–H groups in total. The van der Waals surface area contributed by atoms with Crippen molar-refractivity contribution >= 4 is 17.6 Å². The van der Waals surface area contributed by atoms with Crippen molar-refractivity contribution in [1.29, 1.82) is 0 Å². The summed E-state index contributed by atoms with van der Waals surface area (Å²) in [6.07, 6.45) is 4.92. The zero-order chi connectivity index (χ0) is 21.0. The highest BCUT2D eigenvalue weighted by molar-refractivity contribution is 5.86. The lowest BCUT2D eigenvalue weighted by Gasteiger charge is -2.37. The second-order valence-electron chi connectivity index (χ2n) is 8.37. The van der Waals surface area contributed by atoms with E-state index < -0.39 is 0 Å². The van der Waals surface area contributed by atoms with E-state index in [9.17, 15) is 9.59 Å². The van der Waals surface area contributed by atoms with Crippen molar-refractivity contribution in [3.8, 4) is 0 Å². The predicted octanol–water partition coefficient (Wildman–Crippen LogP) is 1.85. The number of anilines is 1. The molecular formula is C21H33N5O3. The van der Waals surface area contributed by atoms with Gasteiger partial charge in [-0.3, -0.25) is 9.59 Å². The Morgan fingerprint density at radius 1 is 1.38 bits per heavy atom. The number of amides is 2. The Kier molecular flexibility index (Phi) is 7.05. The van der Waals surface area contributed by atoms with Gasteiger partial charge in [-0.2, -0.15) is 0 Å². The molecule has 8 heteroatoms. The van der Waals surface area contributed by atoms with Gasteiger partial charge in [0.25, 0.3) is 0 Å². The number of rotatable bonds is 5. The Morgan fingerprint density at radius 3 is 2.90 bits per heavy atom. The number of aromatic nitrogens is 2. The van der Waals surface area contributed by atoms with Crippen LogP contribution in [-0.2, 0) is 14.3 Å². The number of carbonyl (C=O) groups excluding carboxylic acids is 2. The van der Waals surface area contributed by atoms with E-state index in [1.54, 1.807) is 12.0 Å². The first-order valence-corrected chi connectivity index (χ1v) is 10.6. The third-order valence-electron chi connectivity index (χ3n) is 5.89. The van der Waals surface area contributed by atoms with E-state index in [2.05, 4.69) is 34.4 Å². The molecule has 1 aliphatic heterocycles. The van der Waals surface area contributed by atoms with Crippen LogP contribution < -0.4 is 10.6 Å². The van der Waals surface area contributed by atoms with Crippen LogP contribution in [-0.4, -0.2) is 65.6 Å². The van der Waals surface area contributed by atoms with E-state index >= 15 is 0 Å². The fourth-order valence-corrected chi connectivity index (χ4v) is 4.25. The van der Waals surface area contributed by atoms with E-state index in [1.807, 2.05) is 13.1 Å². The van der Waals surface area contributed by atoms with E-state index in [4.69, 9.17) is 4.74 Å². The maximum Gasteiger partial charge on any atom is 0.239 e. The molecule has 0 unspecified atom stereocenters. The van der Waals surface area contributed by atoms with Gasteiger partial charge in [0.15, 0.2) is 0 Å². The zero-order valence-corrected chi connectivity index (χ0v) is 17.9. The van der Waals surface area contributed by atoms with Crippen molar-refractivity contribution in [3.05, 3.63) is 17.6 Å². The minimum absolute atomic E-state index is 0.0155.